The molecular formula is C11H14N2O3S. The molecule has 1 aliphatic heterocycles. The maximum absolute atomic E-state index is 11.5. The Balaban J connectivity index is 1.73. The van der Waals surface area contributed by atoms with Gasteiger partial charge in [-0.15, -0.1) is 0 Å². The molecule has 17 heavy (non-hydrogen) atoms. The van der Waals surface area contributed by atoms with E-state index in [2.05, 4.69) is 0 Å². The Bertz CT molecular complexity index is 380. The van der Waals surface area contributed by atoms with Gasteiger partial charge < -0.3 is 9.29 Å². The van der Waals surface area contributed by atoms with Crippen LogP contribution in [0.5, 0.6) is 0 Å². The highest BCUT2D eigenvalue weighted by Crippen LogP contribution is 2.15. The zero-order valence-corrected chi connectivity index (χ0v) is 10.1. The van der Waals surface area contributed by atoms with Gasteiger partial charge in [-0.3, -0.25) is 4.90 Å². The summed E-state index contributed by atoms with van der Waals surface area (Å²) in [5, 5.41) is 5.11. The Morgan fingerprint density at radius 3 is 2.71 bits per heavy atom. The van der Waals surface area contributed by atoms with Crippen molar-refractivity contribution in [3.05, 3.63) is 35.9 Å². The van der Waals surface area contributed by atoms with Crippen molar-refractivity contribution in [1.29, 1.82) is 0 Å². The Morgan fingerprint density at radius 2 is 2.12 bits per heavy atom. The molecule has 6 heteroatoms. The predicted octanol–water partition coefficient (Wildman–Crippen LogP) is 0.630. The van der Waals surface area contributed by atoms with E-state index in [9.17, 15) is 9.35 Å². The highest BCUT2D eigenvalue weighted by molar-refractivity contribution is 7.89. The van der Waals surface area contributed by atoms with Gasteiger partial charge in [-0.2, -0.15) is 5.14 Å². The van der Waals surface area contributed by atoms with Crippen LogP contribution in [0, 0.1) is 0 Å². The quantitative estimate of drug-likeness (QED) is 0.802. The first-order valence-electron chi connectivity index (χ1n) is 5.27. The molecule has 1 saturated heterocycles. The minimum Gasteiger partial charge on any atom is -0.598 e. The second-order valence-corrected chi connectivity index (χ2v) is 5.22. The van der Waals surface area contributed by atoms with E-state index in [0.29, 0.717) is 13.1 Å². The molecule has 0 saturated carbocycles. The van der Waals surface area contributed by atoms with Crippen molar-refractivity contribution in [3.63, 3.8) is 0 Å². The summed E-state index contributed by atoms with van der Waals surface area (Å²) in [6, 6.07) is 9.46. The number of amides is 1. The smallest absolute Gasteiger partial charge is 0.410 e. The molecule has 0 radical (unpaired) electrons. The minimum atomic E-state index is -1.35. The lowest BCUT2D eigenvalue weighted by molar-refractivity contribution is 0.0767. The number of hydrogen-bond acceptors (Lipinski definition) is 4. The van der Waals surface area contributed by atoms with Gasteiger partial charge in [-0.25, -0.2) is 4.79 Å². The first-order valence-corrected chi connectivity index (χ1v) is 6.55. The van der Waals surface area contributed by atoms with Crippen LogP contribution in [0.1, 0.15) is 5.56 Å². The minimum absolute atomic E-state index is 0.112. The zero-order valence-electron chi connectivity index (χ0n) is 9.24. The van der Waals surface area contributed by atoms with Crippen molar-refractivity contribution in [2.75, 3.05) is 13.1 Å². The molecule has 1 aromatic rings. The summed E-state index contributed by atoms with van der Waals surface area (Å²) in [5.41, 5.74) is 0.945. The molecule has 0 aliphatic carbocycles. The average Bonchev–Trinajstić information content (AvgIpc) is 2.25. The lowest BCUT2D eigenvalue weighted by atomic mass is 10.2. The van der Waals surface area contributed by atoms with Crippen molar-refractivity contribution in [3.8, 4) is 0 Å². The number of ether oxygens (including phenoxy) is 1. The molecule has 1 amide bonds. The van der Waals surface area contributed by atoms with Gasteiger partial charge in [-0.1, -0.05) is 30.3 Å². The van der Waals surface area contributed by atoms with E-state index in [1.165, 1.54) is 4.90 Å². The van der Waals surface area contributed by atoms with Gasteiger partial charge in [0, 0.05) is 11.4 Å². The van der Waals surface area contributed by atoms with E-state index in [-0.39, 0.29) is 18.0 Å². The van der Waals surface area contributed by atoms with Gasteiger partial charge in [0.25, 0.3) is 0 Å². The molecule has 1 unspecified atom stereocenters. The zero-order chi connectivity index (χ0) is 12.3. The number of rotatable bonds is 3. The van der Waals surface area contributed by atoms with Crippen LogP contribution >= 0.6 is 0 Å². The van der Waals surface area contributed by atoms with Crippen molar-refractivity contribution < 1.29 is 14.1 Å². The standard InChI is InChI=1S/C11H14N2O3S/c12-17(15)10-6-13(7-10)11(14)16-8-9-4-2-1-3-5-9/h1-5,10H,6-8,12H2. The van der Waals surface area contributed by atoms with Crippen LogP contribution < -0.4 is 5.14 Å². The second-order valence-electron chi connectivity index (χ2n) is 3.90. The van der Waals surface area contributed by atoms with Crippen LogP contribution in [0.3, 0.4) is 0 Å². The molecule has 2 rings (SSSR count). The summed E-state index contributed by atoms with van der Waals surface area (Å²) in [4.78, 5) is 13.0. The van der Waals surface area contributed by atoms with Crippen LogP contribution in [0.4, 0.5) is 4.79 Å². The van der Waals surface area contributed by atoms with E-state index in [1.54, 1.807) is 0 Å². The Morgan fingerprint density at radius 1 is 1.47 bits per heavy atom. The van der Waals surface area contributed by atoms with Crippen LogP contribution in [0.2, 0.25) is 0 Å². The predicted molar refractivity (Wildman–Crippen MR) is 64.3 cm³/mol. The summed E-state index contributed by atoms with van der Waals surface area (Å²) in [7, 11) is 0. The van der Waals surface area contributed by atoms with Gasteiger partial charge in [-0.05, 0) is 5.56 Å². The lowest BCUT2D eigenvalue weighted by Gasteiger charge is -2.36. The van der Waals surface area contributed by atoms with Gasteiger partial charge in [0.1, 0.15) is 6.61 Å². The third-order valence-electron chi connectivity index (χ3n) is 2.64. The van der Waals surface area contributed by atoms with E-state index in [4.69, 9.17) is 9.88 Å². The number of nitrogens with two attached hydrogens (primary N) is 1. The summed E-state index contributed by atoms with van der Waals surface area (Å²) < 4.78 is 16.0. The van der Waals surface area contributed by atoms with Gasteiger partial charge in [0.2, 0.25) is 0 Å². The molecule has 2 N–H and O–H groups in total. The molecule has 92 valence electrons. The van der Waals surface area contributed by atoms with Gasteiger partial charge >= 0.3 is 6.09 Å². The largest absolute Gasteiger partial charge is 0.598 e. The fourth-order valence-corrected chi connectivity index (χ4v) is 2.20. The van der Waals surface area contributed by atoms with Crippen molar-refractivity contribution in [2.24, 2.45) is 5.14 Å². The molecule has 0 aromatic heterocycles. The molecule has 0 spiro atoms. The number of nitrogens with zero attached hydrogens (tertiary/aromatic N) is 1. The summed E-state index contributed by atoms with van der Waals surface area (Å²) in [6.45, 7) is 1.08. The fourth-order valence-electron chi connectivity index (χ4n) is 1.54. The molecule has 1 heterocycles. The first-order chi connectivity index (χ1) is 8.16. The Labute approximate surface area is 103 Å². The number of likely N-dealkylation sites (tertiary alicyclic amines) is 1. The van der Waals surface area contributed by atoms with E-state index < -0.39 is 11.4 Å². The summed E-state index contributed by atoms with van der Waals surface area (Å²) in [6.07, 6.45) is -0.379. The van der Waals surface area contributed by atoms with Crippen molar-refractivity contribution >= 4 is 17.5 Å². The Kier molecular flexibility index (Phi) is 3.88. The van der Waals surface area contributed by atoms with Crippen molar-refractivity contribution in [2.45, 2.75) is 11.9 Å². The highest BCUT2D eigenvalue weighted by Gasteiger charge is 2.38. The second kappa shape index (κ2) is 5.39. The maximum Gasteiger partial charge on any atom is 0.410 e. The van der Waals surface area contributed by atoms with Crippen LogP contribution in [0.15, 0.2) is 30.3 Å². The number of carbonyl (C=O) groups excluding carboxylic acids is 1. The van der Waals surface area contributed by atoms with Crippen molar-refractivity contribution in [1.82, 2.24) is 4.90 Å². The number of hydrogen-bond donors (Lipinski definition) is 1. The summed E-state index contributed by atoms with van der Waals surface area (Å²) >= 11 is -1.35. The van der Waals surface area contributed by atoms with E-state index in [1.807, 2.05) is 30.3 Å². The topological polar surface area (TPSA) is 78.6 Å². The molecular weight excluding hydrogens is 240 g/mol. The summed E-state index contributed by atoms with van der Waals surface area (Å²) in [5.74, 6) is 0. The normalized spacial score (nSPS) is 17.4. The number of benzene rings is 1. The molecule has 0 bridgehead atoms. The molecule has 1 atom stereocenters. The molecule has 5 nitrogen and oxygen atoms in total. The molecule has 1 fully saturated rings. The lowest BCUT2D eigenvalue weighted by Crippen LogP contribution is -2.58. The Hall–Kier alpha value is -1.24. The third-order valence-corrected chi connectivity index (χ3v) is 3.60. The first kappa shape index (κ1) is 12.2. The van der Waals surface area contributed by atoms with Crippen LogP contribution in [-0.2, 0) is 22.7 Å². The molecule has 1 aromatic carbocycles. The number of carbonyl (C=O) groups is 1. The molecule has 1 aliphatic rings. The average molecular weight is 254 g/mol. The maximum atomic E-state index is 11.5. The fraction of sp³-hybridized carbons (Fsp3) is 0.364. The SMILES string of the molecule is N[S+]([O-])C1CN(C(=O)OCc2ccccc2)C1. The third kappa shape index (κ3) is 3.12. The van der Waals surface area contributed by atoms with E-state index in [0.717, 1.165) is 5.56 Å². The van der Waals surface area contributed by atoms with Gasteiger partial charge in [0.05, 0.1) is 13.1 Å². The highest BCUT2D eigenvalue weighted by atomic mass is 32.2. The van der Waals surface area contributed by atoms with E-state index >= 15 is 0 Å². The van der Waals surface area contributed by atoms with Crippen LogP contribution in [0.25, 0.3) is 0 Å². The van der Waals surface area contributed by atoms with Crippen LogP contribution in [-0.4, -0.2) is 33.9 Å². The monoisotopic (exact) mass is 254 g/mol. The van der Waals surface area contributed by atoms with Gasteiger partial charge in [0.15, 0.2) is 5.25 Å².